The van der Waals surface area contributed by atoms with E-state index in [0.29, 0.717) is 43.2 Å². The molecular weight excluding hydrogens is 423 g/mol. The van der Waals surface area contributed by atoms with E-state index in [4.69, 9.17) is 15.6 Å². The highest BCUT2D eigenvalue weighted by atomic mass is 19.1. The standard InChI is InChI=1S/C25H31FN4O3/c1-25(2)12-21-23(22(31)13-25)19(9-14-3-4-14)29-30(21)20-11-18(16(24(27)32)10-17(20)26)28-15-5-7-33-8-6-15/h10-11,14-15,28H,3-9,12-13H2,1-2H3,(H2,27,32). The first-order valence-corrected chi connectivity index (χ1v) is 11.8. The molecule has 176 valence electrons. The average Bonchev–Trinajstić information content (AvgIpc) is 3.49. The van der Waals surface area contributed by atoms with Crippen LogP contribution in [0.1, 0.15) is 78.1 Å². The van der Waals surface area contributed by atoms with E-state index >= 15 is 4.39 Å². The summed E-state index contributed by atoms with van der Waals surface area (Å²) in [6, 6.07) is 2.90. The van der Waals surface area contributed by atoms with E-state index in [0.717, 1.165) is 43.5 Å². The molecule has 3 aliphatic rings. The van der Waals surface area contributed by atoms with Gasteiger partial charge in [-0.2, -0.15) is 5.10 Å². The quantitative estimate of drug-likeness (QED) is 0.692. The smallest absolute Gasteiger partial charge is 0.250 e. The van der Waals surface area contributed by atoms with Gasteiger partial charge in [-0.3, -0.25) is 9.59 Å². The summed E-state index contributed by atoms with van der Waals surface area (Å²) in [5.41, 5.74) is 8.36. The van der Waals surface area contributed by atoms with Crippen LogP contribution in [0.2, 0.25) is 0 Å². The van der Waals surface area contributed by atoms with Gasteiger partial charge in [-0.05, 0) is 62.0 Å². The van der Waals surface area contributed by atoms with Crippen molar-refractivity contribution in [3.63, 3.8) is 0 Å². The zero-order valence-corrected chi connectivity index (χ0v) is 19.2. The zero-order chi connectivity index (χ0) is 23.3. The van der Waals surface area contributed by atoms with Gasteiger partial charge in [0.05, 0.1) is 22.5 Å². The van der Waals surface area contributed by atoms with E-state index in [1.54, 1.807) is 10.7 Å². The molecule has 1 saturated heterocycles. The summed E-state index contributed by atoms with van der Waals surface area (Å²) in [6.45, 7) is 5.37. The summed E-state index contributed by atoms with van der Waals surface area (Å²) in [5, 5.41) is 8.14. The minimum absolute atomic E-state index is 0.0814. The van der Waals surface area contributed by atoms with Gasteiger partial charge in [-0.25, -0.2) is 9.07 Å². The number of Topliss-reactive ketones (excluding diaryl/α,β-unsaturated/α-hetero) is 1. The van der Waals surface area contributed by atoms with E-state index in [2.05, 4.69) is 19.2 Å². The summed E-state index contributed by atoms with van der Waals surface area (Å²) in [5.74, 6) is -0.644. The van der Waals surface area contributed by atoms with E-state index < -0.39 is 11.7 Å². The number of carbonyl (C=O) groups is 2. The average molecular weight is 455 g/mol. The van der Waals surface area contributed by atoms with Gasteiger partial charge >= 0.3 is 0 Å². The fourth-order valence-electron chi connectivity index (χ4n) is 5.07. The van der Waals surface area contributed by atoms with E-state index in [-0.39, 0.29) is 28.5 Å². The number of hydrogen-bond donors (Lipinski definition) is 2. The molecule has 5 rings (SSSR count). The Kier molecular flexibility index (Phi) is 5.51. The third-order valence-electron chi connectivity index (χ3n) is 6.96. The molecule has 0 spiro atoms. The number of primary amides is 1. The van der Waals surface area contributed by atoms with Crippen molar-refractivity contribution in [3.8, 4) is 5.69 Å². The molecule has 3 N–H and O–H groups in total. The van der Waals surface area contributed by atoms with Crippen molar-refractivity contribution in [3.05, 3.63) is 40.5 Å². The summed E-state index contributed by atoms with van der Waals surface area (Å²) in [7, 11) is 0. The van der Waals surface area contributed by atoms with Crippen LogP contribution in [-0.2, 0) is 17.6 Å². The van der Waals surface area contributed by atoms with Crippen LogP contribution in [0.15, 0.2) is 12.1 Å². The fraction of sp³-hybridized carbons (Fsp3) is 0.560. The van der Waals surface area contributed by atoms with Crippen molar-refractivity contribution in [1.82, 2.24) is 9.78 Å². The number of nitrogens with one attached hydrogen (secondary N) is 1. The SMILES string of the molecule is CC1(C)CC(=O)c2c(CC3CC3)nn(-c3cc(NC4CCOCC4)c(C(N)=O)cc3F)c2C1. The Bertz CT molecular complexity index is 1110. The first-order valence-electron chi connectivity index (χ1n) is 11.8. The van der Waals surface area contributed by atoms with Gasteiger partial charge < -0.3 is 15.8 Å². The van der Waals surface area contributed by atoms with Gasteiger partial charge in [0.15, 0.2) is 5.78 Å². The largest absolute Gasteiger partial charge is 0.381 e. The third-order valence-corrected chi connectivity index (χ3v) is 6.96. The van der Waals surface area contributed by atoms with Crippen LogP contribution in [0.4, 0.5) is 10.1 Å². The minimum Gasteiger partial charge on any atom is -0.381 e. The number of amides is 1. The Morgan fingerprint density at radius 3 is 2.64 bits per heavy atom. The monoisotopic (exact) mass is 454 g/mol. The van der Waals surface area contributed by atoms with Crippen LogP contribution in [0.25, 0.3) is 5.69 Å². The van der Waals surface area contributed by atoms with Gasteiger partial charge in [-0.15, -0.1) is 0 Å². The number of aromatic nitrogens is 2. The van der Waals surface area contributed by atoms with Gasteiger partial charge in [0.1, 0.15) is 11.5 Å². The molecule has 1 aromatic carbocycles. The van der Waals surface area contributed by atoms with Crippen molar-refractivity contribution in [1.29, 1.82) is 0 Å². The second-order valence-electron chi connectivity index (χ2n) is 10.5. The Morgan fingerprint density at radius 1 is 1.24 bits per heavy atom. The lowest BCUT2D eigenvalue weighted by Gasteiger charge is -2.29. The molecule has 7 nitrogen and oxygen atoms in total. The zero-order valence-electron chi connectivity index (χ0n) is 19.2. The molecule has 1 aromatic heterocycles. The Hall–Kier alpha value is -2.74. The summed E-state index contributed by atoms with van der Waals surface area (Å²) in [6.07, 6.45) is 5.70. The second-order valence-corrected chi connectivity index (χ2v) is 10.5. The Morgan fingerprint density at radius 2 is 1.97 bits per heavy atom. The highest BCUT2D eigenvalue weighted by Gasteiger charge is 2.38. The maximum atomic E-state index is 15.4. The maximum absolute atomic E-state index is 15.4. The summed E-state index contributed by atoms with van der Waals surface area (Å²) >= 11 is 0. The molecule has 33 heavy (non-hydrogen) atoms. The van der Waals surface area contributed by atoms with E-state index in [1.807, 2.05) is 0 Å². The predicted octanol–water partition coefficient (Wildman–Crippen LogP) is 3.81. The van der Waals surface area contributed by atoms with Crippen molar-refractivity contribution >= 4 is 17.4 Å². The van der Waals surface area contributed by atoms with E-state index in [9.17, 15) is 9.59 Å². The molecule has 1 aliphatic heterocycles. The number of hydrogen-bond acceptors (Lipinski definition) is 5. The van der Waals surface area contributed by atoms with Crippen molar-refractivity contribution in [2.75, 3.05) is 18.5 Å². The van der Waals surface area contributed by atoms with Gasteiger partial charge in [0, 0.05) is 31.4 Å². The maximum Gasteiger partial charge on any atom is 0.250 e. The Balaban J connectivity index is 1.61. The highest BCUT2D eigenvalue weighted by molar-refractivity contribution is 6.00. The minimum atomic E-state index is -0.691. The third kappa shape index (κ3) is 4.40. The molecule has 2 aromatic rings. The normalized spacial score (nSPS) is 20.5. The van der Waals surface area contributed by atoms with Gasteiger partial charge in [0.2, 0.25) is 0 Å². The number of halogens is 1. The van der Waals surface area contributed by atoms with Gasteiger partial charge in [0.25, 0.3) is 5.91 Å². The number of fused-ring (bicyclic) bond motifs is 1. The number of ether oxygens (including phenoxy) is 1. The molecule has 0 bridgehead atoms. The summed E-state index contributed by atoms with van der Waals surface area (Å²) in [4.78, 5) is 25.2. The second kappa shape index (κ2) is 8.24. The van der Waals surface area contributed by atoms with Crippen LogP contribution in [0.3, 0.4) is 0 Å². The first kappa shape index (κ1) is 22.1. The molecule has 2 aliphatic carbocycles. The number of rotatable bonds is 6. The molecule has 0 unspecified atom stereocenters. The molecule has 0 radical (unpaired) electrons. The molecule has 2 fully saturated rings. The molecule has 8 heteroatoms. The first-order chi connectivity index (χ1) is 15.7. The summed E-state index contributed by atoms with van der Waals surface area (Å²) < 4.78 is 22.4. The molecule has 1 saturated carbocycles. The number of anilines is 1. The van der Waals surface area contributed by atoms with E-state index in [1.165, 1.54) is 6.07 Å². The molecule has 0 atom stereocenters. The number of carbonyl (C=O) groups excluding carboxylic acids is 2. The molecule has 2 heterocycles. The molecular formula is C25H31FN4O3. The highest BCUT2D eigenvalue weighted by Crippen LogP contribution is 2.41. The van der Waals surface area contributed by atoms with Crippen molar-refractivity contribution < 1.29 is 18.7 Å². The molecule has 1 amide bonds. The van der Waals surface area contributed by atoms with Crippen molar-refractivity contribution in [2.45, 2.75) is 64.8 Å². The number of nitrogens with zero attached hydrogens (tertiary/aromatic N) is 2. The Labute approximate surface area is 192 Å². The van der Waals surface area contributed by atoms with Crippen LogP contribution in [-0.4, -0.2) is 40.7 Å². The fourth-order valence-corrected chi connectivity index (χ4v) is 5.07. The van der Waals surface area contributed by atoms with Crippen molar-refractivity contribution in [2.24, 2.45) is 17.1 Å². The van der Waals surface area contributed by atoms with Crippen LogP contribution in [0, 0.1) is 17.2 Å². The van der Waals surface area contributed by atoms with Crippen LogP contribution >= 0.6 is 0 Å². The predicted molar refractivity (Wildman–Crippen MR) is 122 cm³/mol. The number of benzene rings is 1. The van der Waals surface area contributed by atoms with Crippen LogP contribution in [0.5, 0.6) is 0 Å². The topological polar surface area (TPSA) is 99.2 Å². The lowest BCUT2D eigenvalue weighted by atomic mass is 9.75. The number of nitrogens with two attached hydrogens (primary N) is 1. The van der Waals surface area contributed by atoms with Gasteiger partial charge in [-0.1, -0.05) is 13.8 Å². The number of ketones is 1. The van der Waals surface area contributed by atoms with Crippen LogP contribution < -0.4 is 11.1 Å². The lowest BCUT2D eigenvalue weighted by molar-refractivity contribution is 0.0902. The lowest BCUT2D eigenvalue weighted by Crippen LogP contribution is -2.30.